The number of ether oxygens (including phenoxy) is 2. The van der Waals surface area contributed by atoms with E-state index in [-0.39, 0.29) is 32.0 Å². The van der Waals surface area contributed by atoms with Crippen molar-refractivity contribution in [1.29, 1.82) is 0 Å². The van der Waals surface area contributed by atoms with Crippen LogP contribution < -0.4 is 0 Å². The van der Waals surface area contributed by atoms with Crippen LogP contribution in [0.1, 0.15) is 201 Å². The van der Waals surface area contributed by atoms with E-state index in [4.69, 9.17) is 18.5 Å². The number of esters is 2. The Balaban J connectivity index is 4.06. The molecule has 8 nitrogen and oxygen atoms in total. The first kappa shape index (κ1) is 55.5. The molecule has 0 aromatic carbocycles. The highest BCUT2D eigenvalue weighted by Crippen LogP contribution is 2.43. The summed E-state index contributed by atoms with van der Waals surface area (Å²) >= 11 is 0. The molecular formula is C49H85O8P. The SMILES string of the molecule is CC/C=C\C/C=C\C/C=C\C/C=C\CCCCC(=O)OC(COC(=O)CCCCCCCCCCCCC/C=C\C/C=C\CCCCCCC)COP(=O)(O)OCC. The van der Waals surface area contributed by atoms with Gasteiger partial charge in [0, 0.05) is 12.8 Å². The predicted octanol–water partition coefficient (Wildman–Crippen LogP) is 14.9. The lowest BCUT2D eigenvalue weighted by Crippen LogP contribution is -2.29. The average molecular weight is 833 g/mol. The number of carbonyl (C=O) groups excluding carboxylic acids is 2. The number of rotatable bonds is 42. The monoisotopic (exact) mass is 833 g/mol. The molecule has 0 saturated carbocycles. The summed E-state index contributed by atoms with van der Waals surface area (Å²) in [6.45, 7) is 5.30. The number of hydrogen-bond donors (Lipinski definition) is 1. The molecular weight excluding hydrogens is 748 g/mol. The zero-order valence-corrected chi connectivity index (χ0v) is 38.1. The van der Waals surface area contributed by atoms with Crippen molar-refractivity contribution in [1.82, 2.24) is 0 Å². The molecule has 2 unspecified atom stereocenters. The summed E-state index contributed by atoms with van der Waals surface area (Å²) in [4.78, 5) is 34.8. The second-order valence-electron chi connectivity index (χ2n) is 15.0. The Morgan fingerprint density at radius 3 is 1.36 bits per heavy atom. The second-order valence-corrected chi connectivity index (χ2v) is 16.5. The Labute approximate surface area is 355 Å². The van der Waals surface area contributed by atoms with E-state index in [0.29, 0.717) is 6.42 Å². The molecule has 0 spiro atoms. The highest BCUT2D eigenvalue weighted by atomic mass is 31.2. The third kappa shape index (κ3) is 43.1. The van der Waals surface area contributed by atoms with Crippen LogP contribution in [0.5, 0.6) is 0 Å². The molecule has 58 heavy (non-hydrogen) atoms. The van der Waals surface area contributed by atoms with Gasteiger partial charge in [-0.3, -0.25) is 18.6 Å². The van der Waals surface area contributed by atoms with Gasteiger partial charge in [-0.2, -0.15) is 0 Å². The van der Waals surface area contributed by atoms with E-state index in [2.05, 4.69) is 86.8 Å². The fraction of sp³-hybridized carbons (Fsp3) is 0.714. The van der Waals surface area contributed by atoms with Gasteiger partial charge in [0.25, 0.3) is 0 Å². The van der Waals surface area contributed by atoms with Crippen LogP contribution in [-0.4, -0.2) is 42.8 Å². The molecule has 0 saturated heterocycles. The molecule has 9 heteroatoms. The minimum absolute atomic E-state index is 0.0111. The molecule has 0 amide bonds. The van der Waals surface area contributed by atoms with Gasteiger partial charge in [0.2, 0.25) is 0 Å². The Morgan fingerprint density at radius 2 is 0.879 bits per heavy atom. The van der Waals surface area contributed by atoms with Crippen molar-refractivity contribution in [3.8, 4) is 0 Å². The Kier molecular flexibility index (Phi) is 42.1. The Hall–Kier alpha value is -2.51. The van der Waals surface area contributed by atoms with Gasteiger partial charge in [-0.05, 0) is 90.4 Å². The normalized spacial score (nSPS) is 13.9. The molecule has 0 aromatic heterocycles. The standard InChI is InChI=1S/C49H85O8P/c1-4-7-9-11-13-15-17-19-21-22-23-24-25-26-27-28-30-31-33-35-37-39-41-43-48(50)54-45-47(46-56-58(52,53)55-6-3)57-49(51)44-42-40-38-36-34-32-29-20-18-16-14-12-10-8-5-2/h8,10,14,16-17,19-20,22-23,29,34,36,47H,4-7,9,11-13,15,18,21,24-28,30-33,35,37-46H2,1-3H3,(H,52,53)/b10-8-,16-14-,19-17-,23-22-,29-20-,36-34-. The molecule has 0 rings (SSSR count). The molecule has 334 valence electrons. The highest BCUT2D eigenvalue weighted by Gasteiger charge is 2.25. The molecule has 0 aliphatic rings. The molecule has 0 aliphatic heterocycles. The first-order chi connectivity index (χ1) is 28.3. The maximum atomic E-state index is 12.5. The summed E-state index contributed by atoms with van der Waals surface area (Å²) in [6, 6.07) is 0. The van der Waals surface area contributed by atoms with E-state index in [1.54, 1.807) is 6.92 Å². The van der Waals surface area contributed by atoms with Gasteiger partial charge in [0.15, 0.2) is 6.10 Å². The topological polar surface area (TPSA) is 108 Å². The van der Waals surface area contributed by atoms with E-state index in [1.165, 1.54) is 96.3 Å². The third-order valence-electron chi connectivity index (χ3n) is 9.50. The molecule has 0 aliphatic carbocycles. The van der Waals surface area contributed by atoms with Crippen molar-refractivity contribution >= 4 is 19.8 Å². The molecule has 0 radical (unpaired) electrons. The van der Waals surface area contributed by atoms with E-state index in [1.807, 2.05) is 0 Å². The minimum atomic E-state index is -4.30. The van der Waals surface area contributed by atoms with Crippen LogP contribution in [-0.2, 0) is 32.7 Å². The van der Waals surface area contributed by atoms with Gasteiger partial charge in [-0.15, -0.1) is 0 Å². The van der Waals surface area contributed by atoms with Gasteiger partial charge in [-0.25, -0.2) is 4.57 Å². The Morgan fingerprint density at radius 1 is 0.483 bits per heavy atom. The summed E-state index contributed by atoms with van der Waals surface area (Å²) in [6.07, 6.45) is 55.4. The summed E-state index contributed by atoms with van der Waals surface area (Å²) in [5.74, 6) is -0.851. The van der Waals surface area contributed by atoms with Crippen molar-refractivity contribution in [3.05, 3.63) is 72.9 Å². The zero-order valence-electron chi connectivity index (χ0n) is 37.2. The van der Waals surface area contributed by atoms with Crippen molar-refractivity contribution in [2.75, 3.05) is 19.8 Å². The van der Waals surface area contributed by atoms with Crippen LogP contribution in [0.2, 0.25) is 0 Å². The van der Waals surface area contributed by atoms with E-state index in [9.17, 15) is 19.0 Å². The molecule has 0 bridgehead atoms. The van der Waals surface area contributed by atoms with E-state index in [0.717, 1.165) is 64.2 Å². The fourth-order valence-corrected chi connectivity index (χ4v) is 6.88. The number of phosphoric acid groups is 1. The number of allylic oxidation sites excluding steroid dienone is 12. The van der Waals surface area contributed by atoms with Crippen LogP contribution in [0.15, 0.2) is 72.9 Å². The van der Waals surface area contributed by atoms with Gasteiger partial charge in [0.05, 0.1) is 13.2 Å². The van der Waals surface area contributed by atoms with Crippen molar-refractivity contribution in [2.24, 2.45) is 0 Å². The maximum Gasteiger partial charge on any atom is 0.472 e. The summed E-state index contributed by atoms with van der Waals surface area (Å²) in [5.41, 5.74) is 0. The van der Waals surface area contributed by atoms with Crippen molar-refractivity contribution in [3.63, 3.8) is 0 Å². The first-order valence-corrected chi connectivity index (χ1v) is 24.7. The number of phosphoric ester groups is 1. The average Bonchev–Trinajstić information content (AvgIpc) is 3.20. The van der Waals surface area contributed by atoms with Gasteiger partial charge in [0.1, 0.15) is 6.61 Å². The number of unbranched alkanes of at least 4 members (excludes halogenated alkanes) is 18. The molecule has 1 N–H and O–H groups in total. The van der Waals surface area contributed by atoms with Crippen LogP contribution in [0.4, 0.5) is 0 Å². The van der Waals surface area contributed by atoms with Gasteiger partial charge >= 0.3 is 19.8 Å². The minimum Gasteiger partial charge on any atom is -0.462 e. The highest BCUT2D eigenvalue weighted by molar-refractivity contribution is 7.47. The maximum absolute atomic E-state index is 12.5. The third-order valence-corrected chi connectivity index (χ3v) is 10.6. The molecule has 0 heterocycles. The second kappa shape index (κ2) is 44.1. The van der Waals surface area contributed by atoms with Crippen LogP contribution in [0.25, 0.3) is 0 Å². The summed E-state index contributed by atoms with van der Waals surface area (Å²) < 4.78 is 32.6. The zero-order chi connectivity index (χ0) is 42.5. The smallest absolute Gasteiger partial charge is 0.462 e. The van der Waals surface area contributed by atoms with E-state index >= 15 is 0 Å². The first-order valence-electron chi connectivity index (χ1n) is 23.2. The van der Waals surface area contributed by atoms with Crippen LogP contribution in [0.3, 0.4) is 0 Å². The van der Waals surface area contributed by atoms with E-state index < -0.39 is 26.5 Å². The quantitative estimate of drug-likeness (QED) is 0.0280. The van der Waals surface area contributed by atoms with Gasteiger partial charge in [-0.1, -0.05) is 170 Å². The van der Waals surface area contributed by atoms with Crippen LogP contribution >= 0.6 is 7.82 Å². The Bertz CT molecular complexity index is 1170. The van der Waals surface area contributed by atoms with Crippen molar-refractivity contribution in [2.45, 2.75) is 207 Å². The lowest BCUT2D eigenvalue weighted by molar-refractivity contribution is -0.161. The largest absolute Gasteiger partial charge is 0.472 e. The fourth-order valence-electron chi connectivity index (χ4n) is 6.12. The lowest BCUT2D eigenvalue weighted by atomic mass is 10.0. The molecule has 0 aromatic rings. The van der Waals surface area contributed by atoms with Crippen LogP contribution in [0, 0.1) is 0 Å². The van der Waals surface area contributed by atoms with Crippen molar-refractivity contribution < 1.29 is 37.6 Å². The summed E-state index contributed by atoms with van der Waals surface area (Å²) in [5, 5.41) is 0. The predicted molar refractivity (Wildman–Crippen MR) is 244 cm³/mol. The number of hydrogen-bond acceptors (Lipinski definition) is 7. The molecule has 0 fully saturated rings. The lowest BCUT2D eigenvalue weighted by Gasteiger charge is -2.19. The summed E-state index contributed by atoms with van der Waals surface area (Å²) in [7, 11) is -4.30. The number of carbonyl (C=O) groups is 2. The van der Waals surface area contributed by atoms with Gasteiger partial charge < -0.3 is 14.4 Å². The molecule has 2 atom stereocenters.